The van der Waals surface area contributed by atoms with Crippen molar-refractivity contribution in [3.63, 3.8) is 0 Å². The normalized spacial score (nSPS) is 19.1. The molecule has 1 aliphatic carbocycles. The number of aromatic nitrogens is 2. The number of sulfonamides is 1. The standard InChI is InChI=1S/C24H31N5O2S/c1-29(2)23-21-10-6-7-11-22(21)27-24(28-23)25-16-18-12-14-19(15-13-18)17-26-32(30,31)20-8-4-3-5-9-20/h3-11,18-19,26H,12-17H2,1-2H3,(H,25,27,28). The number of para-hydroxylation sites is 1. The number of anilines is 2. The van der Waals surface area contributed by atoms with E-state index in [1.54, 1.807) is 24.3 Å². The Kier molecular flexibility index (Phi) is 6.91. The summed E-state index contributed by atoms with van der Waals surface area (Å²) in [6.07, 6.45) is 4.17. The van der Waals surface area contributed by atoms with E-state index in [1.807, 2.05) is 49.3 Å². The Balaban J connectivity index is 1.28. The van der Waals surface area contributed by atoms with Gasteiger partial charge in [-0.1, -0.05) is 30.3 Å². The number of hydrogen-bond donors (Lipinski definition) is 2. The smallest absolute Gasteiger partial charge is 0.240 e. The van der Waals surface area contributed by atoms with E-state index in [-0.39, 0.29) is 0 Å². The predicted molar refractivity (Wildman–Crippen MR) is 129 cm³/mol. The van der Waals surface area contributed by atoms with Crippen LogP contribution in [0, 0.1) is 11.8 Å². The van der Waals surface area contributed by atoms with Crippen LogP contribution in [-0.4, -0.2) is 45.6 Å². The quantitative estimate of drug-likeness (QED) is 0.538. The molecule has 1 heterocycles. The van der Waals surface area contributed by atoms with Gasteiger partial charge in [0.2, 0.25) is 16.0 Å². The molecule has 1 fully saturated rings. The van der Waals surface area contributed by atoms with E-state index in [4.69, 9.17) is 4.98 Å². The van der Waals surface area contributed by atoms with Crippen molar-refractivity contribution in [1.29, 1.82) is 0 Å². The molecule has 170 valence electrons. The Morgan fingerprint density at radius 1 is 0.875 bits per heavy atom. The molecule has 0 atom stereocenters. The van der Waals surface area contributed by atoms with Gasteiger partial charge in [0.25, 0.3) is 0 Å². The highest BCUT2D eigenvalue weighted by Crippen LogP contribution is 2.29. The summed E-state index contributed by atoms with van der Waals surface area (Å²) in [5.74, 6) is 2.48. The molecule has 0 bridgehead atoms. The fraction of sp³-hybridized carbons (Fsp3) is 0.417. The summed E-state index contributed by atoms with van der Waals surface area (Å²) in [5.41, 5.74) is 0.933. The monoisotopic (exact) mass is 453 g/mol. The zero-order valence-corrected chi connectivity index (χ0v) is 19.5. The van der Waals surface area contributed by atoms with Gasteiger partial charge < -0.3 is 10.2 Å². The van der Waals surface area contributed by atoms with Gasteiger partial charge >= 0.3 is 0 Å². The van der Waals surface area contributed by atoms with E-state index in [1.165, 1.54) is 0 Å². The summed E-state index contributed by atoms with van der Waals surface area (Å²) < 4.78 is 27.6. The minimum Gasteiger partial charge on any atom is -0.362 e. The lowest BCUT2D eigenvalue weighted by Crippen LogP contribution is -2.32. The van der Waals surface area contributed by atoms with E-state index in [0.717, 1.165) is 48.9 Å². The van der Waals surface area contributed by atoms with Gasteiger partial charge in [0, 0.05) is 32.6 Å². The largest absolute Gasteiger partial charge is 0.362 e. The van der Waals surface area contributed by atoms with Crippen molar-refractivity contribution in [2.24, 2.45) is 11.8 Å². The molecule has 32 heavy (non-hydrogen) atoms. The van der Waals surface area contributed by atoms with Gasteiger partial charge in [-0.25, -0.2) is 18.1 Å². The van der Waals surface area contributed by atoms with Crippen LogP contribution in [0.25, 0.3) is 10.9 Å². The highest BCUT2D eigenvalue weighted by atomic mass is 32.2. The lowest BCUT2D eigenvalue weighted by molar-refractivity contribution is 0.284. The second-order valence-corrected chi connectivity index (χ2v) is 10.5. The average molecular weight is 454 g/mol. The summed E-state index contributed by atoms with van der Waals surface area (Å²) in [6, 6.07) is 16.6. The van der Waals surface area contributed by atoms with Gasteiger partial charge in [0.05, 0.1) is 10.4 Å². The summed E-state index contributed by atoms with van der Waals surface area (Å²) in [7, 11) is 0.552. The molecule has 1 aromatic heterocycles. The molecule has 8 heteroatoms. The minimum absolute atomic E-state index is 0.324. The third-order valence-corrected chi connectivity index (χ3v) is 7.58. The molecule has 2 N–H and O–H groups in total. The van der Waals surface area contributed by atoms with E-state index in [2.05, 4.69) is 15.0 Å². The molecule has 0 amide bonds. The van der Waals surface area contributed by atoms with Crippen molar-refractivity contribution in [2.75, 3.05) is 37.4 Å². The van der Waals surface area contributed by atoms with Crippen molar-refractivity contribution < 1.29 is 8.42 Å². The first-order valence-electron chi connectivity index (χ1n) is 11.1. The van der Waals surface area contributed by atoms with Crippen molar-refractivity contribution in [3.8, 4) is 0 Å². The predicted octanol–water partition coefficient (Wildman–Crippen LogP) is 3.89. The molecular formula is C24H31N5O2S. The third kappa shape index (κ3) is 5.37. The Labute approximate surface area is 190 Å². The molecular weight excluding hydrogens is 422 g/mol. The van der Waals surface area contributed by atoms with Crippen LogP contribution in [0.15, 0.2) is 59.5 Å². The summed E-state index contributed by atoms with van der Waals surface area (Å²) >= 11 is 0. The second-order valence-electron chi connectivity index (χ2n) is 8.71. The first-order valence-corrected chi connectivity index (χ1v) is 12.6. The number of benzene rings is 2. The highest BCUT2D eigenvalue weighted by molar-refractivity contribution is 7.89. The fourth-order valence-corrected chi connectivity index (χ4v) is 5.40. The van der Waals surface area contributed by atoms with E-state index in [9.17, 15) is 8.42 Å². The summed E-state index contributed by atoms with van der Waals surface area (Å²) in [5, 5.41) is 4.48. The summed E-state index contributed by atoms with van der Waals surface area (Å²) in [6.45, 7) is 1.32. The van der Waals surface area contributed by atoms with Crippen LogP contribution in [-0.2, 0) is 10.0 Å². The molecule has 7 nitrogen and oxygen atoms in total. The number of hydrogen-bond acceptors (Lipinski definition) is 6. The van der Waals surface area contributed by atoms with Gasteiger partial charge in [-0.15, -0.1) is 0 Å². The zero-order chi connectivity index (χ0) is 22.6. The van der Waals surface area contributed by atoms with Crippen LogP contribution in [0.2, 0.25) is 0 Å². The maximum Gasteiger partial charge on any atom is 0.240 e. The third-order valence-electron chi connectivity index (χ3n) is 6.14. The lowest BCUT2D eigenvalue weighted by Gasteiger charge is -2.28. The number of nitrogens with zero attached hydrogens (tertiary/aromatic N) is 3. The van der Waals surface area contributed by atoms with Crippen LogP contribution >= 0.6 is 0 Å². The number of nitrogens with one attached hydrogen (secondary N) is 2. The van der Waals surface area contributed by atoms with Crippen LogP contribution in [0.4, 0.5) is 11.8 Å². The van der Waals surface area contributed by atoms with Crippen LogP contribution in [0.1, 0.15) is 25.7 Å². The maximum atomic E-state index is 12.4. The second kappa shape index (κ2) is 9.83. The van der Waals surface area contributed by atoms with Gasteiger partial charge in [-0.2, -0.15) is 4.98 Å². The average Bonchev–Trinajstić information content (AvgIpc) is 2.82. The van der Waals surface area contributed by atoms with E-state index in [0.29, 0.717) is 29.2 Å². The van der Waals surface area contributed by atoms with Crippen LogP contribution < -0.4 is 14.9 Å². The molecule has 4 rings (SSSR count). The minimum atomic E-state index is -3.43. The van der Waals surface area contributed by atoms with Crippen LogP contribution in [0.3, 0.4) is 0 Å². The molecule has 0 spiro atoms. The molecule has 3 aromatic rings. The number of fused-ring (bicyclic) bond motifs is 1. The first kappa shape index (κ1) is 22.5. The van der Waals surface area contributed by atoms with Gasteiger partial charge in [0.15, 0.2) is 0 Å². The molecule has 1 aliphatic rings. The topological polar surface area (TPSA) is 87.2 Å². The molecule has 0 unspecified atom stereocenters. The summed E-state index contributed by atoms with van der Waals surface area (Å²) in [4.78, 5) is 11.7. The number of rotatable bonds is 8. The molecule has 0 aliphatic heterocycles. The van der Waals surface area contributed by atoms with Crippen molar-refractivity contribution in [2.45, 2.75) is 30.6 Å². The van der Waals surface area contributed by atoms with Crippen molar-refractivity contribution >= 4 is 32.7 Å². The lowest BCUT2D eigenvalue weighted by atomic mass is 9.82. The molecule has 0 saturated heterocycles. The highest BCUT2D eigenvalue weighted by Gasteiger charge is 2.23. The molecule has 1 saturated carbocycles. The van der Waals surface area contributed by atoms with Gasteiger partial charge in [0.1, 0.15) is 5.82 Å². The SMILES string of the molecule is CN(C)c1nc(NCC2CCC(CNS(=O)(=O)c3ccccc3)CC2)nc2ccccc12. The zero-order valence-electron chi connectivity index (χ0n) is 18.7. The van der Waals surface area contributed by atoms with E-state index >= 15 is 0 Å². The fourth-order valence-electron chi connectivity index (χ4n) is 4.27. The van der Waals surface area contributed by atoms with E-state index < -0.39 is 10.0 Å². The Morgan fingerprint density at radius 3 is 2.19 bits per heavy atom. The van der Waals surface area contributed by atoms with Crippen LogP contribution in [0.5, 0.6) is 0 Å². The first-order chi connectivity index (χ1) is 15.4. The Bertz CT molecular complexity index is 1140. The van der Waals surface area contributed by atoms with Gasteiger partial charge in [-0.3, -0.25) is 0 Å². The Morgan fingerprint density at radius 2 is 1.50 bits per heavy atom. The van der Waals surface area contributed by atoms with Gasteiger partial charge in [-0.05, 0) is 61.8 Å². The maximum absolute atomic E-state index is 12.4. The molecule has 0 radical (unpaired) electrons. The Hall–Kier alpha value is -2.71. The van der Waals surface area contributed by atoms with Crippen molar-refractivity contribution in [1.82, 2.24) is 14.7 Å². The molecule has 2 aromatic carbocycles. The van der Waals surface area contributed by atoms with Crippen molar-refractivity contribution in [3.05, 3.63) is 54.6 Å².